The first kappa shape index (κ1) is 39.0. The molecule has 0 unspecified atom stereocenters. The number of nitrogens with zero attached hydrogens (tertiary/aromatic N) is 5. The van der Waals surface area contributed by atoms with Crippen molar-refractivity contribution in [1.82, 2.24) is 29.1 Å². The van der Waals surface area contributed by atoms with Crippen molar-refractivity contribution < 1.29 is 23.1 Å². The normalized spacial score (nSPS) is 17.0. The molecule has 2 N–H and O–H groups in total. The highest BCUT2D eigenvalue weighted by atomic mass is 35.5. The lowest BCUT2D eigenvalue weighted by Gasteiger charge is -2.39. The average Bonchev–Trinajstić information content (AvgIpc) is 3.56. The molecule has 2 aliphatic rings. The number of hydrogen-bond donors (Lipinski definition) is 2. The van der Waals surface area contributed by atoms with E-state index in [1.807, 2.05) is 40.7 Å². The first-order chi connectivity index (χ1) is 26.1. The maximum atomic E-state index is 14.0. The number of sulfonamides is 1. The highest BCUT2D eigenvalue weighted by Gasteiger charge is 2.32. The van der Waals surface area contributed by atoms with Gasteiger partial charge in [0.1, 0.15) is 23.1 Å². The minimum Gasteiger partial charge on any atom is -0.491 e. The lowest BCUT2D eigenvalue weighted by Crippen LogP contribution is -2.46. The molecular weight excluding hydrogens is 760 g/mol. The van der Waals surface area contributed by atoms with Gasteiger partial charge in [0.15, 0.2) is 0 Å². The summed E-state index contributed by atoms with van der Waals surface area (Å²) in [5.74, 6) is 0.374. The molecule has 1 aromatic carbocycles. The van der Waals surface area contributed by atoms with Gasteiger partial charge < -0.3 is 9.84 Å². The molecule has 1 atom stereocenters. The summed E-state index contributed by atoms with van der Waals surface area (Å²) in [6.07, 6.45) is 7.21. The van der Waals surface area contributed by atoms with Gasteiger partial charge in [-0.1, -0.05) is 11.6 Å². The highest BCUT2D eigenvalue weighted by Crippen LogP contribution is 2.40. The number of hydrogen-bond acceptors (Lipinski definition) is 10. The number of aryl methyl sites for hydroxylation is 3. The second kappa shape index (κ2) is 15.4. The lowest BCUT2D eigenvalue weighted by atomic mass is 9.86. The summed E-state index contributed by atoms with van der Waals surface area (Å²) in [6, 6.07) is 9.21. The van der Waals surface area contributed by atoms with Crippen molar-refractivity contribution in [1.29, 1.82) is 0 Å². The maximum Gasteiger partial charge on any atom is 0.338 e. The summed E-state index contributed by atoms with van der Waals surface area (Å²) in [4.78, 5) is 42.2. The Bertz CT molecular complexity index is 2450. The second-order valence-corrected chi connectivity index (χ2v) is 18.5. The zero-order chi connectivity index (χ0) is 39.2. The molecule has 1 aliphatic heterocycles. The number of aromatic carboxylic acids is 1. The molecule has 0 spiro atoms. The van der Waals surface area contributed by atoms with Crippen molar-refractivity contribution in [3.63, 3.8) is 0 Å². The largest absolute Gasteiger partial charge is 0.491 e. The molecule has 4 aromatic heterocycles. The molecule has 1 aliphatic carbocycles. The van der Waals surface area contributed by atoms with Crippen LogP contribution in [0.5, 0.6) is 5.75 Å². The highest BCUT2D eigenvalue weighted by molar-refractivity contribution is 7.89. The van der Waals surface area contributed by atoms with Crippen molar-refractivity contribution in [2.24, 2.45) is 0 Å². The van der Waals surface area contributed by atoms with E-state index in [1.54, 1.807) is 40.4 Å². The van der Waals surface area contributed by atoms with Crippen molar-refractivity contribution in [3.05, 3.63) is 97.4 Å². The van der Waals surface area contributed by atoms with Crippen LogP contribution in [0.15, 0.2) is 57.8 Å². The van der Waals surface area contributed by atoms with E-state index in [2.05, 4.69) is 19.6 Å². The van der Waals surface area contributed by atoms with Crippen LogP contribution in [0.3, 0.4) is 0 Å². The Morgan fingerprint density at radius 2 is 1.84 bits per heavy atom. The van der Waals surface area contributed by atoms with Crippen LogP contribution in [0.4, 0.5) is 0 Å². The number of carboxylic acid groups (broad SMARTS) is 1. The molecule has 1 saturated heterocycles. The Hall–Kier alpha value is -4.21. The first-order valence-corrected chi connectivity index (χ1v) is 21.2. The average molecular weight is 805 g/mol. The predicted molar refractivity (Wildman–Crippen MR) is 214 cm³/mol. The third kappa shape index (κ3) is 8.34. The summed E-state index contributed by atoms with van der Waals surface area (Å²) >= 11 is 7.76. The SMILES string of the molecule is Cc1cc(-c2cc(Cl)ccc2OCCn2c(C)nc3c(c2=O)C[C@H](N2CCC(c4cncc(S(=O)(=O)NC(C)(C)C)c4)CC2)CC3)c2scc(C(=O)O)c2n1. The monoisotopic (exact) mass is 804 g/mol. The topological polar surface area (TPSA) is 157 Å². The van der Waals surface area contributed by atoms with Gasteiger partial charge >= 0.3 is 5.97 Å². The van der Waals surface area contributed by atoms with Crippen LogP contribution >= 0.6 is 22.9 Å². The van der Waals surface area contributed by atoms with Gasteiger partial charge in [-0.3, -0.25) is 24.2 Å². The molecule has 15 heteroatoms. The number of carboxylic acids is 1. The van der Waals surface area contributed by atoms with Crippen LogP contribution < -0.4 is 15.0 Å². The zero-order valence-electron chi connectivity index (χ0n) is 31.6. The Kier molecular flexibility index (Phi) is 10.9. The molecule has 0 saturated carbocycles. The number of benzene rings is 1. The third-order valence-corrected chi connectivity index (χ3v) is 13.3. The number of rotatable bonds is 10. The van der Waals surface area contributed by atoms with Gasteiger partial charge in [-0.25, -0.2) is 22.9 Å². The maximum absolute atomic E-state index is 14.0. The number of likely N-dealkylation sites (tertiary alicyclic amines) is 1. The summed E-state index contributed by atoms with van der Waals surface area (Å²) in [5.41, 5.74) is 4.66. The number of aromatic nitrogens is 4. The lowest BCUT2D eigenvalue weighted by molar-refractivity contribution is 0.0699. The fourth-order valence-electron chi connectivity index (χ4n) is 7.82. The third-order valence-electron chi connectivity index (χ3n) is 10.4. The number of pyridine rings is 2. The molecule has 12 nitrogen and oxygen atoms in total. The van der Waals surface area contributed by atoms with E-state index in [-0.39, 0.29) is 34.6 Å². The Labute approximate surface area is 329 Å². The summed E-state index contributed by atoms with van der Waals surface area (Å²) < 4.78 is 37.4. The number of fused-ring (bicyclic) bond motifs is 2. The number of thiophene rings is 1. The molecule has 5 aromatic rings. The van der Waals surface area contributed by atoms with Gasteiger partial charge in [0, 0.05) is 56.8 Å². The van der Waals surface area contributed by atoms with Crippen LogP contribution in [0.25, 0.3) is 21.3 Å². The van der Waals surface area contributed by atoms with Gasteiger partial charge in [0.05, 0.1) is 28.0 Å². The molecule has 7 rings (SSSR count). The van der Waals surface area contributed by atoms with Gasteiger partial charge in [0.25, 0.3) is 5.56 Å². The van der Waals surface area contributed by atoms with E-state index < -0.39 is 21.5 Å². The Balaban J connectivity index is 1.03. The minimum absolute atomic E-state index is 0.0405. The zero-order valence-corrected chi connectivity index (χ0v) is 33.9. The molecule has 290 valence electrons. The van der Waals surface area contributed by atoms with Crippen molar-refractivity contribution in [3.8, 4) is 16.9 Å². The fraction of sp³-hybridized carbons (Fsp3) is 0.425. The van der Waals surface area contributed by atoms with Crippen LogP contribution in [0.2, 0.25) is 5.02 Å². The van der Waals surface area contributed by atoms with E-state index in [0.29, 0.717) is 46.3 Å². The van der Waals surface area contributed by atoms with E-state index >= 15 is 0 Å². The number of piperidine rings is 1. The molecule has 0 radical (unpaired) electrons. The van der Waals surface area contributed by atoms with E-state index in [0.717, 1.165) is 65.9 Å². The van der Waals surface area contributed by atoms with Crippen LogP contribution in [-0.4, -0.2) is 75.2 Å². The van der Waals surface area contributed by atoms with Gasteiger partial charge in [-0.2, -0.15) is 0 Å². The summed E-state index contributed by atoms with van der Waals surface area (Å²) in [7, 11) is -3.68. The molecule has 0 amide bonds. The predicted octanol–water partition coefficient (Wildman–Crippen LogP) is 6.78. The molecule has 5 heterocycles. The van der Waals surface area contributed by atoms with Crippen molar-refractivity contribution in [2.45, 2.75) is 95.7 Å². The van der Waals surface area contributed by atoms with Crippen LogP contribution in [-0.2, 0) is 29.4 Å². The number of halogens is 1. The molecule has 55 heavy (non-hydrogen) atoms. The quantitative estimate of drug-likeness (QED) is 0.154. The van der Waals surface area contributed by atoms with E-state index in [1.165, 1.54) is 17.5 Å². The van der Waals surface area contributed by atoms with Gasteiger partial charge in [0.2, 0.25) is 10.0 Å². The number of nitrogens with one attached hydrogen (secondary N) is 1. The molecule has 1 fully saturated rings. The molecule has 0 bridgehead atoms. The van der Waals surface area contributed by atoms with E-state index in [9.17, 15) is 23.1 Å². The van der Waals surface area contributed by atoms with Crippen molar-refractivity contribution in [2.75, 3.05) is 19.7 Å². The van der Waals surface area contributed by atoms with Crippen LogP contribution in [0, 0.1) is 13.8 Å². The number of ether oxygens (including phenoxy) is 1. The smallest absolute Gasteiger partial charge is 0.338 e. The van der Waals surface area contributed by atoms with Crippen LogP contribution in [0.1, 0.15) is 84.6 Å². The summed E-state index contributed by atoms with van der Waals surface area (Å²) in [5, 5.41) is 11.8. The number of carbonyl (C=O) groups is 1. The Morgan fingerprint density at radius 1 is 1.07 bits per heavy atom. The van der Waals surface area contributed by atoms with Gasteiger partial charge in [-0.05, 0) is 122 Å². The Morgan fingerprint density at radius 3 is 2.56 bits per heavy atom. The first-order valence-electron chi connectivity index (χ1n) is 18.4. The minimum atomic E-state index is -3.68. The van der Waals surface area contributed by atoms with E-state index in [4.69, 9.17) is 21.3 Å². The standard InChI is InChI=1S/C40H45ClN6O6S2/c1-23-16-31(37-36(43-23)33(22-54-37)39(49)50)30-18-27(41)6-9-35(30)53-15-14-47-24(2)44-34-8-7-28(19-32(34)38(47)48)46-12-10-25(11-13-46)26-17-29(21-42-20-26)55(51,52)45-40(3,4)5/h6,9,16-18,20-22,25,28,45H,7-8,10-15,19H2,1-5H3,(H,49,50)/t28-/m1/s1. The fourth-order valence-corrected chi connectivity index (χ4v) is 10.4. The molecular formula is C40H45ClN6O6S2. The summed E-state index contributed by atoms with van der Waals surface area (Å²) in [6.45, 7) is 11.3. The van der Waals surface area contributed by atoms with Crippen molar-refractivity contribution >= 4 is 49.1 Å². The second-order valence-electron chi connectivity index (χ2n) is 15.5. The van der Waals surface area contributed by atoms with Gasteiger partial charge in [-0.15, -0.1) is 11.3 Å².